The highest BCUT2D eigenvalue weighted by Gasteiger charge is 2.37. The molecule has 2 aliphatic rings. The van der Waals surface area contributed by atoms with Crippen molar-refractivity contribution in [2.45, 2.75) is 179 Å². The number of unbranched alkanes of at least 4 members (excludes halogenated alkanes) is 16. The summed E-state index contributed by atoms with van der Waals surface area (Å²) < 4.78 is 23.2. The summed E-state index contributed by atoms with van der Waals surface area (Å²) in [6.45, 7) is 2.60. The highest BCUT2D eigenvalue weighted by molar-refractivity contribution is 5.88. The zero-order valence-corrected chi connectivity index (χ0v) is 28.8. The Morgan fingerprint density at radius 1 is 0.891 bits per heavy atom. The number of carbonyl (C=O) groups excluding carboxylic acids is 2. The van der Waals surface area contributed by atoms with Gasteiger partial charge in [-0.3, -0.25) is 19.5 Å². The molecule has 11 nitrogen and oxygen atoms in total. The lowest BCUT2D eigenvalue weighted by atomic mass is 10.0. The molecule has 2 fully saturated rings. The molecule has 5 unspecified atom stereocenters. The average Bonchev–Trinajstić information content (AvgIpc) is 3.44. The van der Waals surface area contributed by atoms with Gasteiger partial charge >= 0.3 is 5.97 Å². The number of nitrogens with zero attached hydrogens (tertiary/aromatic N) is 3. The predicted molar refractivity (Wildman–Crippen MR) is 181 cm³/mol. The van der Waals surface area contributed by atoms with Crippen LogP contribution in [0.3, 0.4) is 0 Å². The quantitative estimate of drug-likeness (QED) is 0.0360. The van der Waals surface area contributed by atoms with Crippen LogP contribution in [-0.4, -0.2) is 85.8 Å². The molecule has 0 saturated carbocycles. The van der Waals surface area contributed by atoms with Crippen LogP contribution in [0.2, 0.25) is 0 Å². The average molecular weight is 653 g/mol. The van der Waals surface area contributed by atoms with E-state index in [9.17, 15) is 14.7 Å². The second-order valence-electron chi connectivity index (χ2n) is 12.9. The Morgan fingerprint density at radius 3 is 2.04 bits per heavy atom. The maximum absolute atomic E-state index is 12.3. The van der Waals surface area contributed by atoms with E-state index in [1.807, 2.05) is 0 Å². The molecule has 11 heteroatoms. The molecule has 2 saturated heterocycles. The normalized spacial score (nSPS) is 23.6. The fourth-order valence-electron chi connectivity index (χ4n) is 5.96. The molecule has 0 aromatic heterocycles. The van der Waals surface area contributed by atoms with Crippen LogP contribution in [0.15, 0.2) is 9.98 Å². The van der Waals surface area contributed by atoms with Crippen molar-refractivity contribution in [1.82, 2.24) is 4.90 Å². The van der Waals surface area contributed by atoms with E-state index < -0.39 is 24.7 Å². The molecule has 1 amide bonds. The third-order valence-electron chi connectivity index (χ3n) is 8.88. The molecule has 2 aliphatic heterocycles. The Balaban J connectivity index is 1.45. The lowest BCUT2D eigenvalue weighted by Gasteiger charge is -2.30. The molecule has 2 heterocycles. The summed E-state index contributed by atoms with van der Waals surface area (Å²) in [6.07, 6.45) is 24.4. The van der Waals surface area contributed by atoms with E-state index in [0.717, 1.165) is 25.7 Å². The third-order valence-corrected chi connectivity index (χ3v) is 8.88. The van der Waals surface area contributed by atoms with E-state index >= 15 is 0 Å². The first-order chi connectivity index (χ1) is 22.5. The van der Waals surface area contributed by atoms with Gasteiger partial charge < -0.3 is 29.8 Å². The molecule has 0 radical (unpaired) electrons. The Morgan fingerprint density at radius 2 is 1.48 bits per heavy atom. The van der Waals surface area contributed by atoms with Gasteiger partial charge in [0.15, 0.2) is 6.29 Å². The molecule has 0 aromatic carbocycles. The summed E-state index contributed by atoms with van der Waals surface area (Å²) in [5.41, 5.74) is 5.54. The number of carbonyl (C=O) groups is 2. The minimum atomic E-state index is -0.812. The van der Waals surface area contributed by atoms with E-state index in [1.54, 1.807) is 0 Å². The van der Waals surface area contributed by atoms with Gasteiger partial charge in [0.1, 0.15) is 25.3 Å². The lowest BCUT2D eigenvalue weighted by molar-refractivity contribution is -0.219. The van der Waals surface area contributed by atoms with Crippen molar-refractivity contribution < 1.29 is 33.6 Å². The van der Waals surface area contributed by atoms with Crippen molar-refractivity contribution in [1.29, 1.82) is 0 Å². The first-order valence-electron chi connectivity index (χ1n) is 18.2. The number of amides is 1. The van der Waals surface area contributed by atoms with Gasteiger partial charge in [-0.15, -0.1) is 0 Å². The van der Waals surface area contributed by atoms with Crippen LogP contribution in [0.1, 0.15) is 148 Å². The molecule has 0 aromatic rings. The largest absolute Gasteiger partial charge is 0.463 e. The number of hydrogen-bond donors (Lipinski definition) is 2. The molecule has 3 N–H and O–H groups in total. The van der Waals surface area contributed by atoms with Crippen LogP contribution >= 0.6 is 0 Å². The van der Waals surface area contributed by atoms with Crippen molar-refractivity contribution >= 4 is 24.7 Å². The van der Waals surface area contributed by atoms with Gasteiger partial charge in [-0.1, -0.05) is 110 Å². The molecule has 5 atom stereocenters. The van der Waals surface area contributed by atoms with Gasteiger partial charge in [0.05, 0.1) is 18.8 Å². The molecule has 0 aliphatic carbocycles. The standard InChI is InChI=1S/C35H64N4O7/c1-3-4-5-6-7-8-9-10-11-12-13-14-15-16-17-18-19-22-33(42)43-25-29-21-20-23-34(45-29)44-26-31-30(41)24-32(46-31)39(28-40)27-38-35(36)37-2/h27-32,34,41H,3-26H2,1-2H3,(H2,36,37)/b38-27-. The van der Waals surface area contributed by atoms with E-state index in [4.69, 9.17) is 24.7 Å². The number of aliphatic hydroxyl groups excluding tert-OH is 1. The molecule has 266 valence electrons. The van der Waals surface area contributed by atoms with Crippen molar-refractivity contribution in [3.63, 3.8) is 0 Å². The molecule has 0 spiro atoms. The molecular weight excluding hydrogens is 588 g/mol. The van der Waals surface area contributed by atoms with Gasteiger partial charge in [-0.05, 0) is 25.7 Å². The van der Waals surface area contributed by atoms with E-state index in [-0.39, 0.29) is 37.7 Å². The number of esters is 1. The number of hydrogen-bond acceptors (Lipinski definition) is 8. The zero-order valence-electron chi connectivity index (χ0n) is 28.8. The topological polar surface area (TPSA) is 145 Å². The van der Waals surface area contributed by atoms with Crippen molar-refractivity contribution in [3.05, 3.63) is 0 Å². The lowest BCUT2D eigenvalue weighted by Crippen LogP contribution is -2.37. The minimum Gasteiger partial charge on any atom is -0.463 e. The Hall–Kier alpha value is -2.08. The van der Waals surface area contributed by atoms with Gasteiger partial charge in [0.2, 0.25) is 12.4 Å². The van der Waals surface area contributed by atoms with Crippen molar-refractivity contribution in [2.75, 3.05) is 20.3 Å². The predicted octanol–water partition coefficient (Wildman–Crippen LogP) is 6.39. The van der Waals surface area contributed by atoms with Crippen LogP contribution in [0, 0.1) is 0 Å². The van der Waals surface area contributed by atoms with Crippen LogP contribution in [0.25, 0.3) is 0 Å². The van der Waals surface area contributed by atoms with E-state index in [1.165, 1.54) is 115 Å². The number of rotatable bonds is 26. The zero-order chi connectivity index (χ0) is 33.2. The van der Waals surface area contributed by atoms with Gasteiger partial charge in [-0.25, -0.2) is 4.99 Å². The monoisotopic (exact) mass is 652 g/mol. The Labute approximate surface area is 278 Å². The van der Waals surface area contributed by atoms with Gasteiger partial charge in [0.25, 0.3) is 0 Å². The number of aliphatic imine (C=N–C) groups is 2. The molecule has 0 bridgehead atoms. The van der Waals surface area contributed by atoms with Crippen LogP contribution in [0.4, 0.5) is 0 Å². The molecular formula is C35H64N4O7. The summed E-state index contributed by atoms with van der Waals surface area (Å²) in [5, 5.41) is 10.4. The number of aliphatic hydroxyl groups is 1. The fourth-order valence-corrected chi connectivity index (χ4v) is 5.96. The second-order valence-corrected chi connectivity index (χ2v) is 12.9. The van der Waals surface area contributed by atoms with Crippen molar-refractivity contribution in [3.8, 4) is 0 Å². The highest BCUT2D eigenvalue weighted by Crippen LogP contribution is 2.25. The second kappa shape index (κ2) is 25.9. The highest BCUT2D eigenvalue weighted by atomic mass is 16.7. The first-order valence-corrected chi connectivity index (χ1v) is 18.2. The van der Waals surface area contributed by atoms with Gasteiger partial charge in [-0.2, -0.15) is 0 Å². The Kier molecular flexibility index (Phi) is 22.6. The number of nitrogens with two attached hydrogens (primary N) is 1. The Bertz CT molecular complexity index is 859. The summed E-state index contributed by atoms with van der Waals surface area (Å²) in [7, 11) is 1.49. The first kappa shape index (κ1) is 40.1. The van der Waals surface area contributed by atoms with Gasteiger partial charge in [0, 0.05) is 19.9 Å². The maximum Gasteiger partial charge on any atom is 0.305 e. The molecule has 46 heavy (non-hydrogen) atoms. The van der Waals surface area contributed by atoms with Crippen LogP contribution in [0.5, 0.6) is 0 Å². The summed E-state index contributed by atoms with van der Waals surface area (Å²) in [6, 6.07) is 0. The van der Waals surface area contributed by atoms with E-state index in [0.29, 0.717) is 19.3 Å². The van der Waals surface area contributed by atoms with Crippen LogP contribution < -0.4 is 5.73 Å². The smallest absolute Gasteiger partial charge is 0.305 e. The maximum atomic E-state index is 12.3. The van der Waals surface area contributed by atoms with E-state index in [2.05, 4.69) is 16.9 Å². The summed E-state index contributed by atoms with van der Waals surface area (Å²) >= 11 is 0. The number of guanidine groups is 1. The molecule has 2 rings (SSSR count). The SMILES string of the molecule is CCCCCCCCCCCCCCCCCCCC(=O)OCC1CCCC(OCC2OC(N(C=O)/C=N\C(N)=N/C)CC2O)O1. The van der Waals surface area contributed by atoms with Crippen LogP contribution in [-0.2, 0) is 28.5 Å². The summed E-state index contributed by atoms with van der Waals surface area (Å²) in [5.74, 6) is -0.147. The fraction of sp³-hybridized carbons (Fsp3) is 0.886. The summed E-state index contributed by atoms with van der Waals surface area (Å²) in [4.78, 5) is 32.5. The van der Waals surface area contributed by atoms with Crippen molar-refractivity contribution in [2.24, 2.45) is 15.7 Å². The number of ether oxygens (including phenoxy) is 4. The minimum absolute atomic E-state index is 0.0235. The third kappa shape index (κ3) is 18.3.